The summed E-state index contributed by atoms with van der Waals surface area (Å²) in [4.78, 5) is 15.7. The molecule has 0 unspecified atom stereocenters. The number of thiazole rings is 1. The topological polar surface area (TPSA) is 65.3 Å². The smallest absolute Gasteiger partial charge is 0.269 e. The van der Waals surface area contributed by atoms with E-state index in [0.717, 1.165) is 26.8 Å². The van der Waals surface area contributed by atoms with Crippen molar-refractivity contribution >= 4 is 17.0 Å². The summed E-state index contributed by atoms with van der Waals surface area (Å²) >= 11 is 1.55. The Hall–Kier alpha value is -2.73. The van der Waals surface area contributed by atoms with Crippen LogP contribution in [0.3, 0.4) is 0 Å². The van der Waals surface area contributed by atoms with Crippen LogP contribution in [0.1, 0.15) is 0 Å². The standard InChI is InChI=1S/C16H12N2O3S/c1-21-14-8-4-12(5-9-14)16-17-10-15(22-16)11-2-6-13(7-3-11)18(19)20/h2-10H,1H3. The number of nitro benzene ring substituents is 1. The second-order valence-corrected chi connectivity index (χ2v) is 5.59. The van der Waals surface area contributed by atoms with Gasteiger partial charge < -0.3 is 4.74 Å². The van der Waals surface area contributed by atoms with Crippen LogP contribution in [0.25, 0.3) is 21.0 Å². The van der Waals surface area contributed by atoms with Crippen LogP contribution in [0.2, 0.25) is 0 Å². The highest BCUT2D eigenvalue weighted by Gasteiger charge is 2.09. The van der Waals surface area contributed by atoms with Gasteiger partial charge in [0, 0.05) is 23.9 Å². The minimum absolute atomic E-state index is 0.0867. The minimum atomic E-state index is -0.404. The molecule has 0 N–H and O–H groups in total. The van der Waals surface area contributed by atoms with Crippen molar-refractivity contribution in [3.05, 3.63) is 64.8 Å². The van der Waals surface area contributed by atoms with E-state index >= 15 is 0 Å². The van der Waals surface area contributed by atoms with E-state index in [1.165, 1.54) is 12.1 Å². The zero-order valence-corrected chi connectivity index (χ0v) is 12.5. The fourth-order valence-corrected chi connectivity index (χ4v) is 2.95. The second-order valence-electron chi connectivity index (χ2n) is 4.56. The van der Waals surface area contributed by atoms with Crippen LogP contribution in [0.15, 0.2) is 54.7 Å². The first-order valence-corrected chi connectivity index (χ1v) is 7.34. The maximum Gasteiger partial charge on any atom is 0.269 e. The largest absolute Gasteiger partial charge is 0.497 e. The van der Waals surface area contributed by atoms with Crippen molar-refractivity contribution in [3.8, 4) is 26.8 Å². The van der Waals surface area contributed by atoms with Crippen LogP contribution < -0.4 is 4.74 Å². The molecule has 0 radical (unpaired) electrons. The molecule has 6 heteroatoms. The van der Waals surface area contributed by atoms with Gasteiger partial charge in [-0.05, 0) is 42.0 Å². The Morgan fingerprint density at radius 1 is 1.05 bits per heavy atom. The average molecular weight is 312 g/mol. The summed E-state index contributed by atoms with van der Waals surface area (Å²) in [6, 6.07) is 14.2. The van der Waals surface area contributed by atoms with Gasteiger partial charge in [-0.2, -0.15) is 0 Å². The van der Waals surface area contributed by atoms with Crippen LogP contribution in [0, 0.1) is 10.1 Å². The van der Waals surface area contributed by atoms with E-state index in [1.54, 1.807) is 36.8 Å². The molecule has 5 nitrogen and oxygen atoms in total. The maximum absolute atomic E-state index is 10.7. The Bertz CT molecular complexity index is 795. The highest BCUT2D eigenvalue weighted by atomic mass is 32.1. The van der Waals surface area contributed by atoms with Crippen molar-refractivity contribution in [2.24, 2.45) is 0 Å². The molecule has 0 aliphatic heterocycles. The Morgan fingerprint density at radius 3 is 2.27 bits per heavy atom. The predicted octanol–water partition coefficient (Wildman–Crippen LogP) is 4.39. The molecule has 0 aliphatic rings. The summed E-state index contributed by atoms with van der Waals surface area (Å²) in [5.74, 6) is 0.802. The summed E-state index contributed by atoms with van der Waals surface area (Å²) in [6.07, 6.45) is 1.78. The van der Waals surface area contributed by atoms with Gasteiger partial charge in [0.1, 0.15) is 10.8 Å². The molecule has 0 atom stereocenters. The third kappa shape index (κ3) is 2.82. The van der Waals surface area contributed by atoms with E-state index in [0.29, 0.717) is 0 Å². The van der Waals surface area contributed by atoms with E-state index in [4.69, 9.17) is 4.74 Å². The highest BCUT2D eigenvalue weighted by Crippen LogP contribution is 2.33. The Balaban J connectivity index is 1.87. The molecule has 0 bridgehead atoms. The van der Waals surface area contributed by atoms with Crippen LogP contribution >= 0.6 is 11.3 Å². The van der Waals surface area contributed by atoms with Gasteiger partial charge in [0.15, 0.2) is 0 Å². The van der Waals surface area contributed by atoms with Crippen molar-refractivity contribution in [1.29, 1.82) is 0 Å². The normalized spacial score (nSPS) is 10.4. The number of methoxy groups -OCH3 is 1. The van der Waals surface area contributed by atoms with Crippen LogP contribution in [0.5, 0.6) is 5.75 Å². The lowest BCUT2D eigenvalue weighted by molar-refractivity contribution is -0.384. The van der Waals surface area contributed by atoms with Gasteiger partial charge in [-0.1, -0.05) is 0 Å². The number of aromatic nitrogens is 1. The third-order valence-electron chi connectivity index (χ3n) is 3.21. The number of hydrogen-bond acceptors (Lipinski definition) is 5. The minimum Gasteiger partial charge on any atom is -0.497 e. The van der Waals surface area contributed by atoms with Gasteiger partial charge >= 0.3 is 0 Å². The Kier molecular flexibility index (Phi) is 3.84. The van der Waals surface area contributed by atoms with Gasteiger partial charge in [0.2, 0.25) is 0 Å². The molecule has 3 rings (SSSR count). The zero-order valence-electron chi connectivity index (χ0n) is 11.7. The van der Waals surface area contributed by atoms with E-state index in [1.807, 2.05) is 24.3 Å². The lowest BCUT2D eigenvalue weighted by Gasteiger charge is -2.00. The van der Waals surface area contributed by atoms with Gasteiger partial charge in [-0.25, -0.2) is 4.98 Å². The number of nitro groups is 1. The summed E-state index contributed by atoms with van der Waals surface area (Å²) in [5, 5.41) is 11.6. The third-order valence-corrected chi connectivity index (χ3v) is 4.30. The molecule has 0 spiro atoms. The van der Waals surface area contributed by atoms with Gasteiger partial charge in [-0.15, -0.1) is 11.3 Å². The molecular weight excluding hydrogens is 300 g/mol. The zero-order chi connectivity index (χ0) is 15.5. The van der Waals surface area contributed by atoms with E-state index < -0.39 is 4.92 Å². The van der Waals surface area contributed by atoms with Crippen LogP contribution in [-0.2, 0) is 0 Å². The van der Waals surface area contributed by atoms with E-state index in [2.05, 4.69) is 4.98 Å². The van der Waals surface area contributed by atoms with E-state index in [-0.39, 0.29) is 5.69 Å². The maximum atomic E-state index is 10.7. The molecule has 110 valence electrons. The number of nitrogens with zero attached hydrogens (tertiary/aromatic N) is 2. The first-order valence-electron chi connectivity index (χ1n) is 6.52. The second kappa shape index (κ2) is 5.95. The predicted molar refractivity (Wildman–Crippen MR) is 86.2 cm³/mol. The molecule has 1 heterocycles. The molecule has 2 aromatic carbocycles. The summed E-state index contributed by atoms with van der Waals surface area (Å²) in [6.45, 7) is 0. The fraction of sp³-hybridized carbons (Fsp3) is 0.0625. The first kappa shape index (κ1) is 14.2. The van der Waals surface area contributed by atoms with Crippen molar-refractivity contribution in [2.75, 3.05) is 7.11 Å². The van der Waals surface area contributed by atoms with Crippen molar-refractivity contribution in [2.45, 2.75) is 0 Å². The highest BCUT2D eigenvalue weighted by molar-refractivity contribution is 7.18. The average Bonchev–Trinajstić information content (AvgIpc) is 3.05. The Morgan fingerprint density at radius 2 is 1.68 bits per heavy atom. The SMILES string of the molecule is COc1ccc(-c2ncc(-c3ccc([N+](=O)[O-])cc3)s2)cc1. The van der Waals surface area contributed by atoms with Gasteiger partial charge in [0.05, 0.1) is 16.9 Å². The van der Waals surface area contributed by atoms with Crippen molar-refractivity contribution < 1.29 is 9.66 Å². The lowest BCUT2D eigenvalue weighted by Crippen LogP contribution is -1.86. The number of benzene rings is 2. The monoisotopic (exact) mass is 312 g/mol. The fourth-order valence-electron chi connectivity index (χ4n) is 2.02. The lowest BCUT2D eigenvalue weighted by atomic mass is 10.2. The Labute approximate surface area is 131 Å². The molecule has 0 aliphatic carbocycles. The molecule has 0 saturated heterocycles. The number of ether oxygens (including phenoxy) is 1. The molecule has 22 heavy (non-hydrogen) atoms. The first-order chi connectivity index (χ1) is 10.7. The summed E-state index contributed by atoms with van der Waals surface area (Å²) in [7, 11) is 1.63. The van der Waals surface area contributed by atoms with Crippen molar-refractivity contribution in [3.63, 3.8) is 0 Å². The van der Waals surface area contributed by atoms with Crippen molar-refractivity contribution in [1.82, 2.24) is 4.98 Å². The van der Waals surface area contributed by atoms with E-state index in [9.17, 15) is 10.1 Å². The molecule has 0 fully saturated rings. The van der Waals surface area contributed by atoms with Crippen LogP contribution in [0.4, 0.5) is 5.69 Å². The quantitative estimate of drug-likeness (QED) is 0.529. The summed E-state index contributed by atoms with van der Waals surface area (Å²) < 4.78 is 5.14. The number of hydrogen-bond donors (Lipinski definition) is 0. The van der Waals surface area contributed by atoms with Crippen LogP contribution in [-0.4, -0.2) is 17.0 Å². The summed E-state index contributed by atoms with van der Waals surface area (Å²) in [5.41, 5.74) is 2.02. The number of rotatable bonds is 4. The molecule has 0 amide bonds. The molecule has 0 saturated carbocycles. The molecule has 3 aromatic rings. The van der Waals surface area contributed by atoms with Gasteiger partial charge in [0.25, 0.3) is 5.69 Å². The number of non-ortho nitro benzene ring substituents is 1. The van der Waals surface area contributed by atoms with Gasteiger partial charge in [-0.3, -0.25) is 10.1 Å². The molecular formula is C16H12N2O3S. The molecule has 1 aromatic heterocycles.